The second kappa shape index (κ2) is 5.97. The summed E-state index contributed by atoms with van der Waals surface area (Å²) >= 11 is 0. The molecule has 0 aliphatic rings. The molecule has 6 nitrogen and oxygen atoms in total. The smallest absolute Gasteiger partial charge is 0.154 e. The predicted octanol–water partition coefficient (Wildman–Crippen LogP) is 2.48. The molecule has 0 aliphatic heterocycles. The molecule has 0 radical (unpaired) electrons. The zero-order valence-electron chi connectivity index (χ0n) is 12.3. The first-order chi connectivity index (χ1) is 10.3. The predicted molar refractivity (Wildman–Crippen MR) is 79.5 cm³/mol. The van der Waals surface area contributed by atoms with E-state index in [1.54, 1.807) is 6.26 Å². The first-order valence-corrected chi connectivity index (χ1v) is 7.08. The number of aromatic nitrogens is 4. The first kappa shape index (κ1) is 13.6. The van der Waals surface area contributed by atoms with Crippen molar-refractivity contribution in [3.05, 3.63) is 47.6 Å². The number of aryl methyl sites for hydroxylation is 2. The molecule has 0 aliphatic carbocycles. The lowest BCUT2D eigenvalue weighted by atomic mass is 10.2. The highest BCUT2D eigenvalue weighted by molar-refractivity contribution is 5.51. The lowest BCUT2D eigenvalue weighted by Crippen LogP contribution is -2.13. The van der Waals surface area contributed by atoms with E-state index in [4.69, 9.17) is 4.42 Å². The highest BCUT2D eigenvalue weighted by Gasteiger charge is 2.07. The van der Waals surface area contributed by atoms with Crippen LogP contribution in [0.15, 0.2) is 35.1 Å². The third-order valence-corrected chi connectivity index (χ3v) is 3.41. The van der Waals surface area contributed by atoms with Gasteiger partial charge in [-0.25, -0.2) is 0 Å². The van der Waals surface area contributed by atoms with E-state index in [2.05, 4.69) is 33.7 Å². The van der Waals surface area contributed by atoms with Crippen molar-refractivity contribution in [3.8, 4) is 11.5 Å². The van der Waals surface area contributed by atoms with Gasteiger partial charge in [0.05, 0.1) is 12.0 Å². The number of hydrogen-bond acceptors (Lipinski definition) is 4. The van der Waals surface area contributed by atoms with Crippen LogP contribution in [0.1, 0.15) is 23.9 Å². The second-order valence-electron chi connectivity index (χ2n) is 4.95. The zero-order valence-corrected chi connectivity index (χ0v) is 12.3. The van der Waals surface area contributed by atoms with Gasteiger partial charge in [-0.05, 0) is 32.0 Å². The first-order valence-electron chi connectivity index (χ1n) is 7.08. The van der Waals surface area contributed by atoms with Crippen LogP contribution < -0.4 is 5.32 Å². The molecular weight excluding hydrogens is 266 g/mol. The van der Waals surface area contributed by atoms with Crippen LogP contribution in [0, 0.1) is 6.92 Å². The molecule has 6 heteroatoms. The molecule has 3 aromatic heterocycles. The van der Waals surface area contributed by atoms with Crippen LogP contribution in [0.4, 0.5) is 0 Å². The van der Waals surface area contributed by atoms with Gasteiger partial charge in [-0.1, -0.05) is 0 Å². The average Bonchev–Trinajstić information content (AvgIpc) is 3.19. The molecular formula is C15H19N5O. The normalized spacial score (nSPS) is 11.1. The molecule has 0 atom stereocenters. The van der Waals surface area contributed by atoms with Crippen molar-refractivity contribution >= 4 is 0 Å². The number of nitrogens with zero attached hydrogens (tertiary/aromatic N) is 3. The van der Waals surface area contributed by atoms with Gasteiger partial charge in [0.2, 0.25) is 0 Å². The van der Waals surface area contributed by atoms with Gasteiger partial charge in [0.25, 0.3) is 0 Å². The molecule has 21 heavy (non-hydrogen) atoms. The Bertz CT molecular complexity index is 696. The lowest BCUT2D eigenvalue weighted by molar-refractivity contribution is 0.580. The number of nitrogens with one attached hydrogen (secondary N) is 2. The highest BCUT2D eigenvalue weighted by atomic mass is 16.3. The largest absolute Gasteiger partial charge is 0.463 e. The molecule has 0 unspecified atom stereocenters. The Morgan fingerprint density at radius 3 is 3.00 bits per heavy atom. The van der Waals surface area contributed by atoms with E-state index in [0.717, 1.165) is 42.5 Å². The Hall–Kier alpha value is -2.34. The maximum Gasteiger partial charge on any atom is 0.154 e. The van der Waals surface area contributed by atoms with Crippen molar-refractivity contribution in [2.75, 3.05) is 0 Å². The molecule has 0 saturated heterocycles. The Labute approximate surface area is 123 Å². The summed E-state index contributed by atoms with van der Waals surface area (Å²) in [6.07, 6.45) is 3.74. The van der Waals surface area contributed by atoms with E-state index in [1.165, 1.54) is 5.56 Å². The minimum Gasteiger partial charge on any atom is -0.463 e. The minimum atomic E-state index is 0.727. The number of hydrogen-bond donors (Lipinski definition) is 2. The number of H-pyrrole nitrogens is 1. The van der Waals surface area contributed by atoms with Crippen LogP contribution in [0.2, 0.25) is 0 Å². The van der Waals surface area contributed by atoms with Crippen molar-refractivity contribution < 1.29 is 4.42 Å². The molecule has 0 bridgehead atoms. The molecule has 3 heterocycles. The molecule has 0 aromatic carbocycles. The minimum absolute atomic E-state index is 0.727. The van der Waals surface area contributed by atoms with Crippen molar-refractivity contribution in [1.82, 2.24) is 25.3 Å². The van der Waals surface area contributed by atoms with Crippen molar-refractivity contribution in [2.24, 2.45) is 0 Å². The number of aromatic amines is 1. The van der Waals surface area contributed by atoms with Gasteiger partial charge < -0.3 is 9.73 Å². The third kappa shape index (κ3) is 3.05. The van der Waals surface area contributed by atoms with Gasteiger partial charge in [-0.15, -0.1) is 0 Å². The van der Waals surface area contributed by atoms with E-state index in [-0.39, 0.29) is 0 Å². The summed E-state index contributed by atoms with van der Waals surface area (Å²) in [5.74, 6) is 0.776. The van der Waals surface area contributed by atoms with Crippen molar-refractivity contribution in [3.63, 3.8) is 0 Å². The van der Waals surface area contributed by atoms with E-state index >= 15 is 0 Å². The molecule has 3 aromatic rings. The van der Waals surface area contributed by atoms with Crippen LogP contribution in [0.25, 0.3) is 11.5 Å². The van der Waals surface area contributed by atoms with E-state index in [9.17, 15) is 0 Å². The topological polar surface area (TPSA) is 71.7 Å². The number of rotatable bonds is 6. The third-order valence-electron chi connectivity index (χ3n) is 3.41. The maximum atomic E-state index is 5.32. The van der Waals surface area contributed by atoms with Crippen molar-refractivity contribution in [2.45, 2.75) is 33.5 Å². The van der Waals surface area contributed by atoms with E-state index in [1.807, 2.05) is 29.8 Å². The molecule has 0 amide bonds. The SMILES string of the molecule is CCn1cc(CNCc2cc(-c3ccco3)n[nH]2)c(C)n1. The van der Waals surface area contributed by atoms with Crippen LogP contribution in [0.5, 0.6) is 0 Å². The standard InChI is InChI=1S/C15H19N5O/c1-3-20-10-12(11(2)19-20)8-16-9-13-7-14(18-17-13)15-5-4-6-21-15/h4-7,10,16H,3,8-9H2,1-2H3,(H,17,18). The Balaban J connectivity index is 1.57. The van der Waals surface area contributed by atoms with E-state index < -0.39 is 0 Å². The molecule has 110 valence electrons. The summed E-state index contributed by atoms with van der Waals surface area (Å²) in [6.45, 7) is 6.54. The summed E-state index contributed by atoms with van der Waals surface area (Å²) in [7, 11) is 0. The summed E-state index contributed by atoms with van der Waals surface area (Å²) in [6, 6.07) is 5.75. The zero-order chi connectivity index (χ0) is 14.7. The Kier molecular flexibility index (Phi) is 3.87. The maximum absolute atomic E-state index is 5.32. The fraction of sp³-hybridized carbons (Fsp3) is 0.333. The number of furan rings is 1. The van der Waals surface area contributed by atoms with Gasteiger partial charge >= 0.3 is 0 Å². The van der Waals surface area contributed by atoms with E-state index in [0.29, 0.717) is 0 Å². The molecule has 0 fully saturated rings. The van der Waals surface area contributed by atoms with Gasteiger partial charge in [0, 0.05) is 37.1 Å². The highest BCUT2D eigenvalue weighted by Crippen LogP contribution is 2.17. The lowest BCUT2D eigenvalue weighted by Gasteiger charge is -2.01. The molecule has 0 spiro atoms. The Morgan fingerprint density at radius 2 is 2.29 bits per heavy atom. The summed E-state index contributed by atoms with van der Waals surface area (Å²) in [4.78, 5) is 0. The van der Waals surface area contributed by atoms with Crippen LogP contribution in [-0.2, 0) is 19.6 Å². The van der Waals surface area contributed by atoms with Gasteiger partial charge in [-0.3, -0.25) is 9.78 Å². The van der Waals surface area contributed by atoms with Gasteiger partial charge in [0.15, 0.2) is 5.76 Å². The van der Waals surface area contributed by atoms with Crippen LogP contribution in [0.3, 0.4) is 0 Å². The monoisotopic (exact) mass is 285 g/mol. The average molecular weight is 285 g/mol. The molecule has 0 saturated carbocycles. The quantitative estimate of drug-likeness (QED) is 0.730. The van der Waals surface area contributed by atoms with Crippen LogP contribution in [-0.4, -0.2) is 20.0 Å². The summed E-state index contributed by atoms with van der Waals surface area (Å²) < 4.78 is 7.28. The fourth-order valence-corrected chi connectivity index (χ4v) is 2.23. The van der Waals surface area contributed by atoms with Crippen LogP contribution >= 0.6 is 0 Å². The summed E-state index contributed by atoms with van der Waals surface area (Å²) in [5.41, 5.74) is 4.15. The van der Waals surface area contributed by atoms with Crippen molar-refractivity contribution in [1.29, 1.82) is 0 Å². The van der Waals surface area contributed by atoms with Gasteiger partial charge in [0.1, 0.15) is 5.69 Å². The summed E-state index contributed by atoms with van der Waals surface area (Å²) in [5, 5.41) is 15.1. The second-order valence-corrected chi connectivity index (χ2v) is 4.95. The van der Waals surface area contributed by atoms with Gasteiger partial charge in [-0.2, -0.15) is 10.2 Å². The Morgan fingerprint density at radius 1 is 1.38 bits per heavy atom. The molecule has 2 N–H and O–H groups in total. The fourth-order valence-electron chi connectivity index (χ4n) is 2.23. The molecule has 3 rings (SSSR count).